The molecule has 12 heavy (non-hydrogen) atoms. The predicted octanol–water partition coefficient (Wildman–Crippen LogP) is 0.684. The summed E-state index contributed by atoms with van der Waals surface area (Å²) >= 11 is 0. The zero-order valence-electron chi connectivity index (χ0n) is 8.09. The SMILES string of the molecule is CCNCCN(CC)C(=O)OC. The zero-order valence-corrected chi connectivity index (χ0v) is 8.09. The van der Waals surface area contributed by atoms with Gasteiger partial charge in [0.15, 0.2) is 0 Å². The molecule has 0 saturated heterocycles. The standard InChI is InChI=1S/C8H18N2O2/c1-4-9-6-7-10(5-2)8(11)12-3/h9H,4-7H2,1-3H3. The molecule has 0 heterocycles. The highest BCUT2D eigenvalue weighted by atomic mass is 16.5. The molecule has 72 valence electrons. The normalized spacial score (nSPS) is 9.58. The van der Waals surface area contributed by atoms with Crippen LogP contribution in [0, 0.1) is 0 Å². The van der Waals surface area contributed by atoms with E-state index in [4.69, 9.17) is 0 Å². The molecule has 4 nitrogen and oxygen atoms in total. The second kappa shape index (κ2) is 6.91. The summed E-state index contributed by atoms with van der Waals surface area (Å²) in [7, 11) is 1.40. The summed E-state index contributed by atoms with van der Waals surface area (Å²) < 4.78 is 4.59. The molecule has 1 amide bonds. The number of hydrogen-bond acceptors (Lipinski definition) is 3. The van der Waals surface area contributed by atoms with Gasteiger partial charge in [-0.15, -0.1) is 0 Å². The highest BCUT2D eigenvalue weighted by Gasteiger charge is 2.09. The van der Waals surface area contributed by atoms with Gasteiger partial charge in [-0.05, 0) is 13.5 Å². The van der Waals surface area contributed by atoms with Crippen LogP contribution in [-0.4, -0.2) is 44.3 Å². The summed E-state index contributed by atoms with van der Waals surface area (Å²) in [6.07, 6.45) is -0.254. The van der Waals surface area contributed by atoms with Gasteiger partial charge in [0.25, 0.3) is 0 Å². The average molecular weight is 174 g/mol. The minimum atomic E-state index is -0.254. The van der Waals surface area contributed by atoms with Gasteiger partial charge in [-0.2, -0.15) is 0 Å². The van der Waals surface area contributed by atoms with Crippen molar-refractivity contribution < 1.29 is 9.53 Å². The van der Waals surface area contributed by atoms with E-state index in [-0.39, 0.29) is 6.09 Å². The molecule has 0 aliphatic carbocycles. The van der Waals surface area contributed by atoms with Crippen LogP contribution in [-0.2, 0) is 4.74 Å². The van der Waals surface area contributed by atoms with Crippen molar-refractivity contribution in [3.63, 3.8) is 0 Å². The Balaban J connectivity index is 3.60. The van der Waals surface area contributed by atoms with Crippen LogP contribution >= 0.6 is 0 Å². The minimum Gasteiger partial charge on any atom is -0.453 e. The van der Waals surface area contributed by atoms with Gasteiger partial charge in [-0.1, -0.05) is 6.92 Å². The van der Waals surface area contributed by atoms with Crippen LogP contribution in [0.1, 0.15) is 13.8 Å². The maximum Gasteiger partial charge on any atom is 0.409 e. The number of amides is 1. The Morgan fingerprint density at radius 3 is 2.58 bits per heavy atom. The van der Waals surface area contributed by atoms with Crippen molar-refractivity contribution in [3.05, 3.63) is 0 Å². The largest absolute Gasteiger partial charge is 0.453 e. The maximum atomic E-state index is 11.0. The number of methoxy groups -OCH3 is 1. The van der Waals surface area contributed by atoms with E-state index < -0.39 is 0 Å². The smallest absolute Gasteiger partial charge is 0.409 e. The second-order valence-corrected chi connectivity index (χ2v) is 2.40. The molecule has 0 aromatic heterocycles. The lowest BCUT2D eigenvalue weighted by Crippen LogP contribution is -2.36. The Labute approximate surface area is 73.9 Å². The molecule has 0 unspecified atom stereocenters. The van der Waals surface area contributed by atoms with Crippen LogP contribution in [0.3, 0.4) is 0 Å². The summed E-state index contributed by atoms with van der Waals surface area (Å²) in [5.41, 5.74) is 0. The highest BCUT2D eigenvalue weighted by Crippen LogP contribution is 1.90. The highest BCUT2D eigenvalue weighted by molar-refractivity contribution is 5.67. The van der Waals surface area contributed by atoms with Crippen molar-refractivity contribution in [2.24, 2.45) is 0 Å². The van der Waals surface area contributed by atoms with Crippen molar-refractivity contribution in [1.29, 1.82) is 0 Å². The molecular formula is C8H18N2O2. The molecule has 0 fully saturated rings. The van der Waals surface area contributed by atoms with Gasteiger partial charge in [0.2, 0.25) is 0 Å². The molecule has 0 rings (SSSR count). The van der Waals surface area contributed by atoms with E-state index in [2.05, 4.69) is 10.1 Å². The summed E-state index contributed by atoms with van der Waals surface area (Å²) in [5.74, 6) is 0. The van der Waals surface area contributed by atoms with E-state index in [1.807, 2.05) is 13.8 Å². The monoisotopic (exact) mass is 174 g/mol. The average Bonchev–Trinajstić information content (AvgIpc) is 2.11. The van der Waals surface area contributed by atoms with Crippen LogP contribution in [0.5, 0.6) is 0 Å². The van der Waals surface area contributed by atoms with Crippen molar-refractivity contribution in [1.82, 2.24) is 10.2 Å². The quantitative estimate of drug-likeness (QED) is 0.623. The van der Waals surface area contributed by atoms with Gasteiger partial charge in [0.1, 0.15) is 0 Å². The predicted molar refractivity (Wildman–Crippen MR) is 48.2 cm³/mol. The zero-order chi connectivity index (χ0) is 9.40. The number of nitrogens with zero attached hydrogens (tertiary/aromatic N) is 1. The first kappa shape index (κ1) is 11.2. The van der Waals surface area contributed by atoms with E-state index in [9.17, 15) is 4.79 Å². The molecule has 0 saturated carbocycles. The first-order valence-electron chi connectivity index (χ1n) is 4.29. The number of carbonyl (C=O) groups excluding carboxylic acids is 1. The minimum absolute atomic E-state index is 0.254. The van der Waals surface area contributed by atoms with Gasteiger partial charge >= 0.3 is 6.09 Å². The molecule has 0 aliphatic heterocycles. The van der Waals surface area contributed by atoms with Crippen molar-refractivity contribution in [2.75, 3.05) is 33.3 Å². The Bertz CT molecular complexity index is 128. The van der Waals surface area contributed by atoms with Crippen molar-refractivity contribution in [3.8, 4) is 0 Å². The third kappa shape index (κ3) is 4.18. The maximum absolute atomic E-state index is 11.0. The summed E-state index contributed by atoms with van der Waals surface area (Å²) in [6.45, 7) is 7.12. The number of carbonyl (C=O) groups is 1. The molecule has 0 atom stereocenters. The van der Waals surface area contributed by atoms with Gasteiger partial charge in [-0.3, -0.25) is 0 Å². The van der Waals surface area contributed by atoms with Crippen LogP contribution in [0.2, 0.25) is 0 Å². The fraction of sp³-hybridized carbons (Fsp3) is 0.875. The molecule has 0 bridgehead atoms. The van der Waals surface area contributed by atoms with Crippen LogP contribution in [0.4, 0.5) is 4.79 Å². The van der Waals surface area contributed by atoms with Crippen LogP contribution in [0.25, 0.3) is 0 Å². The molecule has 0 aromatic rings. The first-order chi connectivity index (χ1) is 5.76. The van der Waals surface area contributed by atoms with Crippen LogP contribution < -0.4 is 5.32 Å². The fourth-order valence-corrected chi connectivity index (χ4v) is 0.898. The second-order valence-electron chi connectivity index (χ2n) is 2.40. The Morgan fingerprint density at radius 2 is 2.17 bits per heavy atom. The summed E-state index contributed by atoms with van der Waals surface area (Å²) in [6, 6.07) is 0. The fourth-order valence-electron chi connectivity index (χ4n) is 0.898. The Hall–Kier alpha value is -0.770. The van der Waals surface area contributed by atoms with Gasteiger partial charge in [-0.25, -0.2) is 4.79 Å². The molecular weight excluding hydrogens is 156 g/mol. The molecule has 4 heteroatoms. The van der Waals surface area contributed by atoms with Crippen molar-refractivity contribution in [2.45, 2.75) is 13.8 Å². The third-order valence-electron chi connectivity index (χ3n) is 1.62. The van der Waals surface area contributed by atoms with E-state index >= 15 is 0 Å². The molecule has 1 N–H and O–H groups in total. The van der Waals surface area contributed by atoms with Gasteiger partial charge < -0.3 is 15.0 Å². The van der Waals surface area contributed by atoms with Crippen molar-refractivity contribution >= 4 is 6.09 Å². The lowest BCUT2D eigenvalue weighted by Gasteiger charge is -2.18. The van der Waals surface area contributed by atoms with E-state index in [1.54, 1.807) is 4.90 Å². The Kier molecular flexibility index (Phi) is 6.47. The third-order valence-corrected chi connectivity index (χ3v) is 1.62. The lowest BCUT2D eigenvalue weighted by atomic mass is 10.5. The van der Waals surface area contributed by atoms with E-state index in [0.717, 1.165) is 13.1 Å². The number of rotatable bonds is 5. The molecule has 0 radical (unpaired) electrons. The number of hydrogen-bond donors (Lipinski definition) is 1. The summed E-state index contributed by atoms with van der Waals surface area (Å²) in [4.78, 5) is 12.7. The number of nitrogens with one attached hydrogen (secondary N) is 1. The van der Waals surface area contributed by atoms with Gasteiger partial charge in [0.05, 0.1) is 7.11 Å². The first-order valence-corrected chi connectivity index (χ1v) is 4.29. The number of likely N-dealkylation sites (N-methyl/N-ethyl adjacent to an activating group) is 2. The number of ether oxygens (including phenoxy) is 1. The van der Waals surface area contributed by atoms with E-state index in [0.29, 0.717) is 13.1 Å². The molecule has 0 aromatic carbocycles. The molecule has 0 aliphatic rings. The van der Waals surface area contributed by atoms with Gasteiger partial charge in [0, 0.05) is 19.6 Å². The van der Waals surface area contributed by atoms with E-state index in [1.165, 1.54) is 7.11 Å². The molecule has 0 spiro atoms. The topological polar surface area (TPSA) is 41.6 Å². The Morgan fingerprint density at radius 1 is 1.50 bits per heavy atom. The lowest BCUT2D eigenvalue weighted by molar-refractivity contribution is 0.126. The van der Waals surface area contributed by atoms with Crippen LogP contribution in [0.15, 0.2) is 0 Å². The summed E-state index contributed by atoms with van der Waals surface area (Å²) in [5, 5.41) is 3.14.